The number of quaternary nitrogens is 1. The monoisotopic (exact) mass is 739 g/mol. The molecule has 264 valence electrons. The Hall–Kier alpha value is -3.56. The summed E-state index contributed by atoms with van der Waals surface area (Å²) < 4.78 is 80.1. The van der Waals surface area contributed by atoms with Gasteiger partial charge in [0.15, 0.2) is 5.16 Å². The lowest BCUT2D eigenvalue weighted by Gasteiger charge is -2.28. The lowest BCUT2D eigenvalue weighted by atomic mass is 9.81. The van der Waals surface area contributed by atoms with E-state index in [1.54, 1.807) is 35.0 Å². The van der Waals surface area contributed by atoms with Gasteiger partial charge in [-0.25, -0.2) is 26.6 Å². The first kappa shape index (κ1) is 38.2. The molecule has 0 aliphatic heterocycles. The van der Waals surface area contributed by atoms with E-state index in [4.69, 9.17) is 16.3 Å². The van der Waals surface area contributed by atoms with Crippen LogP contribution in [0.4, 0.5) is 13.2 Å². The van der Waals surface area contributed by atoms with Crippen LogP contribution in [0.1, 0.15) is 37.1 Å². The van der Waals surface area contributed by atoms with E-state index in [0.29, 0.717) is 61.2 Å². The zero-order valence-corrected chi connectivity index (χ0v) is 30.4. The number of nitrogens with zero attached hydrogens (tertiary/aromatic N) is 4. The molecule has 0 fully saturated rings. The first-order chi connectivity index (χ1) is 22.8. The number of carboxylic acid groups (broad SMARTS) is 1. The number of imidazole rings is 1. The molecule has 0 aliphatic rings. The van der Waals surface area contributed by atoms with Crippen LogP contribution >= 0.6 is 23.4 Å². The van der Waals surface area contributed by atoms with Crippen molar-refractivity contribution in [3.8, 4) is 11.4 Å². The summed E-state index contributed by atoms with van der Waals surface area (Å²) in [6.45, 7) is 3.46. The summed E-state index contributed by atoms with van der Waals surface area (Å²) >= 11 is 7.27. The predicted octanol–water partition coefficient (Wildman–Crippen LogP) is 6.74. The SMILES string of the molecule is COc1cc(C(C)(C)c2cnc(SCc3c(F)cc(S(=O)(=O)N(CCC[N+](C)(C)C)CC(=O)O)cc3F)n2-c2ccc(F)cc2)ccc1Cl. The highest BCUT2D eigenvalue weighted by atomic mass is 35.5. The number of methoxy groups -OCH3 is 1. The molecule has 49 heavy (non-hydrogen) atoms. The van der Waals surface area contributed by atoms with Crippen LogP contribution in [0, 0.1) is 17.5 Å². The summed E-state index contributed by atoms with van der Waals surface area (Å²) in [6.07, 6.45) is 1.96. The normalized spacial score (nSPS) is 12.5. The second-order valence-electron chi connectivity index (χ2n) is 13.0. The number of ether oxygens (including phenoxy) is 1. The van der Waals surface area contributed by atoms with Gasteiger partial charge in [0.25, 0.3) is 0 Å². The molecular weight excluding hydrogens is 701 g/mol. The zero-order valence-electron chi connectivity index (χ0n) is 28.0. The summed E-state index contributed by atoms with van der Waals surface area (Å²) in [5, 5.41) is 10.1. The topological polar surface area (TPSA) is 102 Å². The Bertz CT molecular complexity index is 1910. The molecular formula is C34H39ClF3N4O5S2+. The largest absolute Gasteiger partial charge is 0.495 e. The Labute approximate surface area is 293 Å². The number of aliphatic carboxylic acids is 1. The second kappa shape index (κ2) is 15.1. The first-order valence-electron chi connectivity index (χ1n) is 15.2. The maximum atomic E-state index is 15.5. The molecule has 4 aromatic rings. The van der Waals surface area contributed by atoms with E-state index in [1.165, 1.54) is 19.2 Å². The van der Waals surface area contributed by atoms with Crippen LogP contribution in [0.5, 0.6) is 5.75 Å². The van der Waals surface area contributed by atoms with E-state index in [0.717, 1.165) is 17.3 Å². The van der Waals surface area contributed by atoms with Gasteiger partial charge in [-0.3, -0.25) is 9.36 Å². The molecule has 0 saturated heterocycles. The third-order valence-electron chi connectivity index (χ3n) is 7.97. The number of rotatable bonds is 15. The molecule has 1 aromatic heterocycles. The average molecular weight is 740 g/mol. The number of aromatic nitrogens is 2. The molecule has 0 amide bonds. The van der Waals surface area contributed by atoms with Crippen LogP contribution in [-0.2, 0) is 26.0 Å². The fourth-order valence-electron chi connectivity index (χ4n) is 5.22. The van der Waals surface area contributed by atoms with Crippen molar-refractivity contribution < 1.29 is 40.7 Å². The minimum absolute atomic E-state index is 0.140. The van der Waals surface area contributed by atoms with Gasteiger partial charge in [-0.05, 0) is 54.1 Å². The minimum atomic E-state index is -4.54. The highest BCUT2D eigenvalue weighted by molar-refractivity contribution is 7.98. The molecule has 0 atom stereocenters. The quantitative estimate of drug-likeness (QED) is 0.107. The molecule has 0 unspecified atom stereocenters. The molecule has 0 spiro atoms. The lowest BCUT2D eigenvalue weighted by Crippen LogP contribution is -2.40. The third kappa shape index (κ3) is 8.97. The predicted molar refractivity (Wildman–Crippen MR) is 183 cm³/mol. The van der Waals surface area contributed by atoms with Gasteiger partial charge in [0, 0.05) is 35.4 Å². The Kier molecular flexibility index (Phi) is 11.8. The number of benzene rings is 3. The molecule has 4 rings (SSSR count). The molecule has 0 saturated carbocycles. The Balaban J connectivity index is 1.68. The lowest BCUT2D eigenvalue weighted by molar-refractivity contribution is -0.870. The Morgan fingerprint density at radius 1 is 1.06 bits per heavy atom. The van der Waals surface area contributed by atoms with E-state index in [1.807, 2.05) is 41.1 Å². The van der Waals surface area contributed by atoms with Crippen molar-refractivity contribution in [3.05, 3.63) is 100 Å². The number of thioether (sulfide) groups is 1. The molecule has 9 nitrogen and oxygen atoms in total. The van der Waals surface area contributed by atoms with Crippen molar-refractivity contribution in [2.45, 2.75) is 41.5 Å². The smallest absolute Gasteiger partial charge is 0.318 e. The van der Waals surface area contributed by atoms with Crippen LogP contribution < -0.4 is 4.74 Å². The van der Waals surface area contributed by atoms with Gasteiger partial charge < -0.3 is 14.3 Å². The molecule has 1 N–H and O–H groups in total. The van der Waals surface area contributed by atoms with E-state index in [-0.39, 0.29) is 12.3 Å². The van der Waals surface area contributed by atoms with Gasteiger partial charge in [0.2, 0.25) is 10.0 Å². The van der Waals surface area contributed by atoms with Crippen molar-refractivity contribution in [3.63, 3.8) is 0 Å². The second-order valence-corrected chi connectivity index (χ2v) is 16.3. The van der Waals surface area contributed by atoms with Crippen molar-refractivity contribution >= 4 is 39.4 Å². The zero-order chi connectivity index (χ0) is 36.3. The number of hydrogen-bond donors (Lipinski definition) is 1. The van der Waals surface area contributed by atoms with E-state index in [2.05, 4.69) is 4.98 Å². The molecule has 1 heterocycles. The summed E-state index contributed by atoms with van der Waals surface area (Å²) in [7, 11) is 2.68. The fourth-order valence-corrected chi connectivity index (χ4v) is 7.88. The van der Waals surface area contributed by atoms with E-state index < -0.39 is 55.9 Å². The number of sulfonamides is 1. The van der Waals surface area contributed by atoms with Crippen molar-refractivity contribution in [2.75, 3.05) is 47.9 Å². The average Bonchev–Trinajstić information content (AvgIpc) is 3.44. The van der Waals surface area contributed by atoms with Crippen LogP contribution in [0.15, 0.2) is 70.8 Å². The maximum Gasteiger partial charge on any atom is 0.318 e. The first-order valence-corrected chi connectivity index (χ1v) is 18.0. The van der Waals surface area contributed by atoms with Crippen LogP contribution in [-0.4, -0.2) is 85.7 Å². The summed E-state index contributed by atoms with van der Waals surface area (Å²) in [5.41, 5.74) is 0.958. The third-order valence-corrected chi connectivity index (χ3v) is 11.1. The van der Waals surface area contributed by atoms with Crippen molar-refractivity contribution in [2.24, 2.45) is 0 Å². The maximum absolute atomic E-state index is 15.5. The number of hydrogen-bond acceptors (Lipinski definition) is 6. The summed E-state index contributed by atoms with van der Waals surface area (Å²) in [5.74, 6) is -3.86. The van der Waals surface area contributed by atoms with E-state index >= 15 is 8.78 Å². The summed E-state index contributed by atoms with van der Waals surface area (Å²) in [6, 6.07) is 12.5. The van der Waals surface area contributed by atoms with Gasteiger partial charge in [-0.15, -0.1) is 0 Å². The van der Waals surface area contributed by atoms with Crippen LogP contribution in [0.25, 0.3) is 5.69 Å². The van der Waals surface area contributed by atoms with Gasteiger partial charge in [0.1, 0.15) is 29.7 Å². The molecule has 0 radical (unpaired) electrons. The van der Waals surface area contributed by atoms with Crippen molar-refractivity contribution in [1.82, 2.24) is 13.9 Å². The minimum Gasteiger partial charge on any atom is -0.495 e. The summed E-state index contributed by atoms with van der Waals surface area (Å²) in [4.78, 5) is 15.4. The number of carbonyl (C=O) groups is 1. The van der Waals surface area contributed by atoms with Gasteiger partial charge in [-0.1, -0.05) is 43.3 Å². The highest BCUT2D eigenvalue weighted by Gasteiger charge is 2.32. The van der Waals surface area contributed by atoms with Gasteiger partial charge in [0.05, 0.1) is 56.6 Å². The number of halogens is 4. The molecule has 3 aromatic carbocycles. The van der Waals surface area contributed by atoms with Gasteiger partial charge >= 0.3 is 5.97 Å². The molecule has 0 aliphatic carbocycles. The van der Waals surface area contributed by atoms with Crippen molar-refractivity contribution in [1.29, 1.82) is 0 Å². The Morgan fingerprint density at radius 3 is 2.27 bits per heavy atom. The van der Waals surface area contributed by atoms with Crippen LogP contribution in [0.3, 0.4) is 0 Å². The van der Waals surface area contributed by atoms with Crippen LogP contribution in [0.2, 0.25) is 5.02 Å². The fraction of sp³-hybridized carbons (Fsp3) is 0.353. The standard InChI is InChI=1S/C34H38ClF3N4O5S2/c1-34(2,22-8-13-27(35)30(16-22)47-6)31-19-39-33(41(31)24-11-9-23(36)10-12-24)48-21-26-28(37)17-25(18-29(26)38)49(45,46)40(20-32(43)44)14-7-15-42(3,4)5/h8-13,16-19H,7,14-15,20-21H2,1-6H3/p+1. The molecule has 15 heteroatoms. The highest BCUT2D eigenvalue weighted by Crippen LogP contribution is 2.39. The Morgan fingerprint density at radius 2 is 1.69 bits per heavy atom. The van der Waals surface area contributed by atoms with Gasteiger partial charge in [-0.2, -0.15) is 4.31 Å². The number of carboxylic acids is 1. The molecule has 0 bridgehead atoms. The van der Waals surface area contributed by atoms with E-state index in [9.17, 15) is 22.7 Å².